The first-order valence-corrected chi connectivity index (χ1v) is 8.27. The molecule has 0 aliphatic rings. The lowest BCUT2D eigenvalue weighted by atomic mass is 10.3. The summed E-state index contributed by atoms with van der Waals surface area (Å²) in [6.07, 6.45) is -4.73. The van der Waals surface area contributed by atoms with Crippen LogP contribution in [-0.2, 0) is 27.0 Å². The van der Waals surface area contributed by atoms with Gasteiger partial charge in [0.2, 0.25) is 5.82 Å². The Morgan fingerprint density at radius 3 is 2.39 bits per heavy atom. The zero-order chi connectivity index (χ0) is 20.3. The molecule has 0 radical (unpaired) electrons. The van der Waals surface area contributed by atoms with E-state index in [4.69, 9.17) is 4.74 Å². The van der Waals surface area contributed by atoms with Crippen LogP contribution in [-0.4, -0.2) is 35.1 Å². The predicted octanol–water partition coefficient (Wildman–Crippen LogP) is 3.26. The summed E-state index contributed by atoms with van der Waals surface area (Å²) < 4.78 is 45.4. The molecule has 3 rings (SSSR count). The lowest BCUT2D eigenvalue weighted by Crippen LogP contribution is -2.31. The van der Waals surface area contributed by atoms with Gasteiger partial charge in [0, 0.05) is 12.7 Å². The summed E-state index contributed by atoms with van der Waals surface area (Å²) in [6, 6.07) is 14.6. The smallest absolute Gasteiger partial charge is 0.449 e. The molecule has 0 saturated carbocycles. The number of hydrogen-bond acceptors (Lipinski definition) is 4. The molecule has 0 bridgehead atoms. The zero-order valence-electron chi connectivity index (χ0n) is 14.8. The first-order chi connectivity index (χ1) is 13.3. The van der Waals surface area contributed by atoms with Gasteiger partial charge in [-0.1, -0.05) is 30.3 Å². The van der Waals surface area contributed by atoms with E-state index in [1.54, 1.807) is 42.5 Å². The first-order valence-electron chi connectivity index (χ1n) is 8.27. The molecule has 1 amide bonds. The predicted molar refractivity (Wildman–Crippen MR) is 95.5 cm³/mol. The molecule has 0 atom stereocenters. The third-order valence-corrected chi connectivity index (χ3v) is 4.07. The number of rotatable bonds is 5. The Hall–Kier alpha value is -3.36. The Bertz CT molecular complexity index is 1000. The highest BCUT2D eigenvalue weighted by Gasteiger charge is 2.38. The number of benzene rings is 2. The van der Waals surface area contributed by atoms with Crippen molar-refractivity contribution in [2.45, 2.75) is 12.7 Å². The maximum Gasteiger partial charge on any atom is 0.449 e. The molecule has 146 valence electrons. The van der Waals surface area contributed by atoms with Gasteiger partial charge in [0.05, 0.1) is 11.0 Å². The van der Waals surface area contributed by atoms with Crippen molar-refractivity contribution in [3.63, 3.8) is 0 Å². The number of halogens is 3. The van der Waals surface area contributed by atoms with E-state index in [2.05, 4.69) is 4.98 Å². The minimum atomic E-state index is -4.73. The number of para-hydroxylation sites is 3. The van der Waals surface area contributed by atoms with Crippen LogP contribution >= 0.6 is 0 Å². The Morgan fingerprint density at radius 1 is 1.07 bits per heavy atom. The lowest BCUT2D eigenvalue weighted by molar-refractivity contribution is -0.152. The van der Waals surface area contributed by atoms with Crippen LogP contribution in [0, 0.1) is 0 Å². The second-order valence-electron chi connectivity index (χ2n) is 5.96. The van der Waals surface area contributed by atoms with Gasteiger partial charge in [0.1, 0.15) is 6.54 Å². The number of nitrogens with zero attached hydrogens (tertiary/aromatic N) is 3. The molecule has 9 heteroatoms. The quantitative estimate of drug-likeness (QED) is 0.627. The van der Waals surface area contributed by atoms with Gasteiger partial charge in [-0.3, -0.25) is 9.59 Å². The molecule has 1 heterocycles. The normalized spacial score (nSPS) is 11.4. The van der Waals surface area contributed by atoms with Gasteiger partial charge >= 0.3 is 12.1 Å². The number of imidazole rings is 1. The number of alkyl halides is 3. The van der Waals surface area contributed by atoms with Gasteiger partial charge < -0.3 is 14.2 Å². The number of carbonyl (C=O) groups is 2. The highest BCUT2D eigenvalue weighted by molar-refractivity contribution is 5.94. The van der Waals surface area contributed by atoms with E-state index in [0.29, 0.717) is 5.69 Å². The van der Waals surface area contributed by atoms with Crippen LogP contribution in [0.4, 0.5) is 18.9 Å². The Labute approximate surface area is 158 Å². The molecule has 0 aliphatic carbocycles. The van der Waals surface area contributed by atoms with Crippen LogP contribution < -0.4 is 4.90 Å². The van der Waals surface area contributed by atoms with Crippen LogP contribution in [0.1, 0.15) is 5.82 Å². The van der Waals surface area contributed by atoms with Crippen molar-refractivity contribution in [2.24, 2.45) is 0 Å². The monoisotopic (exact) mass is 391 g/mol. The average Bonchev–Trinajstić information content (AvgIpc) is 3.05. The summed E-state index contributed by atoms with van der Waals surface area (Å²) in [5, 5.41) is 0. The molecule has 0 saturated heterocycles. The van der Waals surface area contributed by atoms with Crippen LogP contribution in [0.25, 0.3) is 11.0 Å². The second kappa shape index (κ2) is 7.71. The standard InChI is InChI=1S/C19H16F3N3O3/c1-24(13-7-3-2-4-8-13)16(26)12-28-17(27)11-25-15-10-6-5-9-14(15)23-18(25)19(20,21)22/h2-10H,11-12H2,1H3. The Balaban J connectivity index is 1.71. The summed E-state index contributed by atoms with van der Waals surface area (Å²) in [5.41, 5.74) is 0.866. The fourth-order valence-corrected chi connectivity index (χ4v) is 2.66. The summed E-state index contributed by atoms with van der Waals surface area (Å²) in [7, 11) is 1.51. The maximum atomic E-state index is 13.2. The number of likely N-dealkylation sites (N-methyl/N-ethyl adjacent to an activating group) is 1. The maximum absolute atomic E-state index is 13.2. The van der Waals surface area contributed by atoms with Crippen LogP contribution in [0.2, 0.25) is 0 Å². The number of anilines is 1. The number of esters is 1. The third kappa shape index (κ3) is 4.13. The van der Waals surface area contributed by atoms with Gasteiger partial charge in [0.15, 0.2) is 6.61 Å². The van der Waals surface area contributed by atoms with Gasteiger partial charge in [0.25, 0.3) is 5.91 Å². The van der Waals surface area contributed by atoms with Gasteiger partial charge in [-0.2, -0.15) is 13.2 Å². The van der Waals surface area contributed by atoms with Crippen molar-refractivity contribution in [1.29, 1.82) is 0 Å². The fraction of sp³-hybridized carbons (Fsp3) is 0.211. The number of amides is 1. The van der Waals surface area contributed by atoms with Crippen molar-refractivity contribution in [1.82, 2.24) is 9.55 Å². The van der Waals surface area contributed by atoms with E-state index < -0.39 is 37.0 Å². The number of aromatic nitrogens is 2. The van der Waals surface area contributed by atoms with Crippen LogP contribution in [0.15, 0.2) is 54.6 Å². The summed E-state index contributed by atoms with van der Waals surface area (Å²) in [4.78, 5) is 29.1. The fourth-order valence-electron chi connectivity index (χ4n) is 2.66. The molecular formula is C19H16F3N3O3. The molecule has 0 unspecified atom stereocenters. The van der Waals surface area contributed by atoms with Crippen LogP contribution in [0.3, 0.4) is 0 Å². The third-order valence-electron chi connectivity index (χ3n) is 4.07. The average molecular weight is 391 g/mol. The SMILES string of the molecule is CN(C(=O)COC(=O)Cn1c(C(F)(F)F)nc2ccccc21)c1ccccc1. The number of ether oxygens (including phenoxy) is 1. The largest absolute Gasteiger partial charge is 0.454 e. The van der Waals surface area contributed by atoms with Crippen molar-refractivity contribution >= 4 is 28.6 Å². The lowest BCUT2D eigenvalue weighted by Gasteiger charge is -2.17. The Kier molecular flexibility index (Phi) is 5.34. The van der Waals surface area contributed by atoms with Gasteiger partial charge in [-0.05, 0) is 24.3 Å². The number of carbonyl (C=O) groups excluding carboxylic acids is 2. The zero-order valence-corrected chi connectivity index (χ0v) is 14.8. The highest BCUT2D eigenvalue weighted by atomic mass is 19.4. The minimum Gasteiger partial charge on any atom is -0.454 e. The van der Waals surface area contributed by atoms with Crippen molar-refractivity contribution < 1.29 is 27.5 Å². The molecular weight excluding hydrogens is 375 g/mol. The van der Waals surface area contributed by atoms with E-state index in [0.717, 1.165) is 4.57 Å². The van der Waals surface area contributed by atoms with E-state index in [1.165, 1.54) is 24.1 Å². The summed E-state index contributed by atoms with van der Waals surface area (Å²) in [6.45, 7) is -1.30. The van der Waals surface area contributed by atoms with Crippen LogP contribution in [0.5, 0.6) is 0 Å². The minimum absolute atomic E-state index is 0.113. The van der Waals surface area contributed by atoms with Crippen molar-refractivity contribution in [3.05, 3.63) is 60.4 Å². The molecule has 6 nitrogen and oxygen atoms in total. The summed E-state index contributed by atoms with van der Waals surface area (Å²) >= 11 is 0. The van der Waals surface area contributed by atoms with E-state index in [9.17, 15) is 22.8 Å². The first kappa shape index (κ1) is 19.4. The summed E-state index contributed by atoms with van der Waals surface area (Å²) in [5.74, 6) is -2.67. The highest BCUT2D eigenvalue weighted by Crippen LogP contribution is 2.31. The number of hydrogen-bond donors (Lipinski definition) is 0. The van der Waals surface area contributed by atoms with Crippen molar-refractivity contribution in [3.8, 4) is 0 Å². The van der Waals surface area contributed by atoms with Gasteiger partial charge in [-0.25, -0.2) is 4.98 Å². The topological polar surface area (TPSA) is 64.4 Å². The second-order valence-corrected chi connectivity index (χ2v) is 5.96. The van der Waals surface area contributed by atoms with E-state index in [1.807, 2.05) is 0 Å². The molecule has 0 aliphatic heterocycles. The van der Waals surface area contributed by atoms with E-state index >= 15 is 0 Å². The van der Waals surface area contributed by atoms with E-state index in [-0.39, 0.29) is 11.0 Å². The Morgan fingerprint density at radius 2 is 1.71 bits per heavy atom. The van der Waals surface area contributed by atoms with Gasteiger partial charge in [-0.15, -0.1) is 0 Å². The molecule has 3 aromatic rings. The van der Waals surface area contributed by atoms with Crippen molar-refractivity contribution in [2.75, 3.05) is 18.6 Å². The number of fused-ring (bicyclic) bond motifs is 1. The molecule has 28 heavy (non-hydrogen) atoms. The molecule has 1 aromatic heterocycles. The molecule has 0 N–H and O–H groups in total. The molecule has 0 spiro atoms. The molecule has 2 aromatic carbocycles. The molecule has 0 fully saturated rings.